The smallest absolute Gasteiger partial charge is 0.127 e. The van der Waals surface area contributed by atoms with Gasteiger partial charge in [-0.1, -0.05) is 17.7 Å². The van der Waals surface area contributed by atoms with Gasteiger partial charge in [0.15, 0.2) is 0 Å². The van der Waals surface area contributed by atoms with Gasteiger partial charge in [0.1, 0.15) is 5.82 Å². The van der Waals surface area contributed by atoms with Crippen molar-refractivity contribution in [3.63, 3.8) is 0 Å². The van der Waals surface area contributed by atoms with Gasteiger partial charge in [-0.25, -0.2) is 4.39 Å². The summed E-state index contributed by atoms with van der Waals surface area (Å²) in [5, 5.41) is 3.87. The fourth-order valence-corrected chi connectivity index (χ4v) is 3.39. The molecule has 0 amide bonds. The highest BCUT2D eigenvalue weighted by atomic mass is 35.5. The van der Waals surface area contributed by atoms with Crippen LogP contribution >= 0.6 is 11.6 Å². The van der Waals surface area contributed by atoms with E-state index in [1.807, 2.05) is 7.05 Å². The zero-order chi connectivity index (χ0) is 14.8. The fourth-order valence-electron chi connectivity index (χ4n) is 3.15. The van der Waals surface area contributed by atoms with E-state index < -0.39 is 0 Å². The summed E-state index contributed by atoms with van der Waals surface area (Å²) in [7, 11) is 1.94. The highest BCUT2D eigenvalue weighted by Gasteiger charge is 2.36. The first kappa shape index (κ1) is 15.7. The number of nitrogens with zero attached hydrogens (tertiary/aromatic N) is 1. The van der Waals surface area contributed by atoms with E-state index in [0.717, 1.165) is 13.1 Å². The second-order valence-corrected chi connectivity index (χ2v) is 6.50. The Labute approximate surface area is 126 Å². The van der Waals surface area contributed by atoms with E-state index >= 15 is 0 Å². The molecule has 1 saturated heterocycles. The van der Waals surface area contributed by atoms with E-state index in [4.69, 9.17) is 11.6 Å². The van der Waals surface area contributed by atoms with Crippen LogP contribution in [0.3, 0.4) is 0 Å². The summed E-state index contributed by atoms with van der Waals surface area (Å²) in [5.41, 5.74) is 0.595. The van der Waals surface area contributed by atoms with Crippen LogP contribution < -0.4 is 5.32 Å². The molecule has 1 heterocycles. The lowest BCUT2D eigenvalue weighted by atomic mass is 9.87. The first-order valence-electron chi connectivity index (χ1n) is 7.32. The number of nitrogens with one attached hydrogen (secondary N) is 1. The first-order valence-corrected chi connectivity index (χ1v) is 7.70. The van der Waals surface area contributed by atoms with Crippen LogP contribution in [0.15, 0.2) is 18.2 Å². The van der Waals surface area contributed by atoms with Crippen molar-refractivity contribution in [1.29, 1.82) is 0 Å². The van der Waals surface area contributed by atoms with Crippen molar-refractivity contribution in [3.05, 3.63) is 34.6 Å². The fraction of sp³-hybridized carbons (Fsp3) is 0.625. The lowest BCUT2D eigenvalue weighted by molar-refractivity contribution is 0.110. The van der Waals surface area contributed by atoms with Gasteiger partial charge in [-0.15, -0.1) is 0 Å². The molecule has 1 aromatic carbocycles. The Morgan fingerprint density at radius 1 is 1.35 bits per heavy atom. The minimum Gasteiger partial charge on any atom is -0.315 e. The standard InChI is InChI=1S/C16H24ClFN2/c1-16(2,20-9-4-5-10-20)15(19-3)11-12-13(17)7-6-8-14(12)18/h6-8,15,19H,4-5,9-11H2,1-3H3. The Morgan fingerprint density at radius 2 is 2.00 bits per heavy atom. The quantitative estimate of drug-likeness (QED) is 0.895. The minimum absolute atomic E-state index is 0.0170. The number of hydrogen-bond donors (Lipinski definition) is 1. The molecule has 1 aliphatic rings. The molecule has 0 saturated carbocycles. The lowest BCUT2D eigenvalue weighted by Gasteiger charge is -2.42. The molecule has 1 aliphatic heterocycles. The van der Waals surface area contributed by atoms with Crippen LogP contribution in [0, 0.1) is 5.82 Å². The Balaban J connectivity index is 2.20. The van der Waals surface area contributed by atoms with Crippen LogP contribution in [0.2, 0.25) is 5.02 Å². The van der Waals surface area contributed by atoms with Gasteiger partial charge in [0, 0.05) is 22.2 Å². The normalized spacial score (nSPS) is 18.4. The summed E-state index contributed by atoms with van der Waals surface area (Å²) in [6, 6.07) is 5.06. The van der Waals surface area contributed by atoms with Crippen molar-refractivity contribution >= 4 is 11.6 Å². The predicted octanol–water partition coefficient (Wildman–Crippen LogP) is 3.48. The largest absolute Gasteiger partial charge is 0.315 e. The van der Waals surface area contributed by atoms with Crippen LogP contribution in [0.1, 0.15) is 32.3 Å². The predicted molar refractivity (Wildman–Crippen MR) is 82.8 cm³/mol. The highest BCUT2D eigenvalue weighted by molar-refractivity contribution is 6.31. The molecule has 0 aliphatic carbocycles. The number of rotatable bonds is 5. The van der Waals surface area contributed by atoms with Gasteiger partial charge in [-0.05, 0) is 65.4 Å². The summed E-state index contributed by atoms with van der Waals surface area (Å²) >= 11 is 6.16. The van der Waals surface area contributed by atoms with Gasteiger partial charge >= 0.3 is 0 Å². The molecule has 0 radical (unpaired) electrons. The van der Waals surface area contributed by atoms with Crippen LogP contribution in [0.4, 0.5) is 4.39 Å². The molecule has 2 nitrogen and oxygen atoms in total. The van der Waals surface area contributed by atoms with Crippen molar-refractivity contribution in [2.75, 3.05) is 20.1 Å². The van der Waals surface area contributed by atoms with Gasteiger partial charge in [0.2, 0.25) is 0 Å². The van der Waals surface area contributed by atoms with E-state index in [0.29, 0.717) is 17.0 Å². The second-order valence-electron chi connectivity index (χ2n) is 6.09. The molecule has 112 valence electrons. The Morgan fingerprint density at radius 3 is 2.55 bits per heavy atom. The number of benzene rings is 1. The van der Waals surface area contributed by atoms with Crippen molar-refractivity contribution in [2.45, 2.75) is 44.7 Å². The Bertz CT molecular complexity index is 436. The molecule has 0 aromatic heterocycles. The molecule has 2 rings (SSSR count). The van der Waals surface area contributed by atoms with Crippen molar-refractivity contribution in [2.24, 2.45) is 0 Å². The van der Waals surface area contributed by atoms with E-state index in [2.05, 4.69) is 24.1 Å². The molecule has 1 unspecified atom stereocenters. The molecular weight excluding hydrogens is 275 g/mol. The van der Waals surface area contributed by atoms with Gasteiger partial charge < -0.3 is 5.32 Å². The molecule has 20 heavy (non-hydrogen) atoms. The lowest BCUT2D eigenvalue weighted by Crippen LogP contribution is -2.57. The van der Waals surface area contributed by atoms with Gasteiger partial charge in [-0.2, -0.15) is 0 Å². The van der Waals surface area contributed by atoms with Crippen LogP contribution in [0.25, 0.3) is 0 Å². The zero-order valence-corrected chi connectivity index (χ0v) is 13.3. The van der Waals surface area contributed by atoms with Crippen LogP contribution in [-0.4, -0.2) is 36.6 Å². The third-order valence-corrected chi connectivity index (χ3v) is 4.95. The average molecular weight is 299 g/mol. The molecular formula is C16H24ClFN2. The SMILES string of the molecule is CNC(Cc1c(F)cccc1Cl)C(C)(C)N1CCCC1. The molecule has 0 spiro atoms. The number of likely N-dealkylation sites (N-methyl/N-ethyl adjacent to an activating group) is 1. The third kappa shape index (κ3) is 3.16. The summed E-state index contributed by atoms with van der Waals surface area (Å²) in [4.78, 5) is 2.49. The first-order chi connectivity index (χ1) is 9.46. The second kappa shape index (κ2) is 6.42. The number of hydrogen-bond acceptors (Lipinski definition) is 2. The number of halogens is 2. The third-order valence-electron chi connectivity index (χ3n) is 4.59. The molecule has 1 fully saturated rings. The van der Waals surface area contributed by atoms with Crippen LogP contribution in [-0.2, 0) is 6.42 Å². The molecule has 0 bridgehead atoms. The van der Waals surface area contributed by atoms with Gasteiger partial charge in [0.05, 0.1) is 0 Å². The van der Waals surface area contributed by atoms with E-state index in [-0.39, 0.29) is 17.4 Å². The topological polar surface area (TPSA) is 15.3 Å². The Kier molecular flexibility index (Phi) is 5.05. The van der Waals surface area contributed by atoms with Gasteiger partial charge in [-0.3, -0.25) is 4.90 Å². The maximum absolute atomic E-state index is 14.0. The average Bonchev–Trinajstić information content (AvgIpc) is 2.92. The maximum Gasteiger partial charge on any atom is 0.127 e. The summed E-state index contributed by atoms with van der Waals surface area (Å²) in [6.45, 7) is 6.70. The monoisotopic (exact) mass is 298 g/mol. The van der Waals surface area contributed by atoms with Gasteiger partial charge in [0.25, 0.3) is 0 Å². The van der Waals surface area contributed by atoms with Crippen LogP contribution in [0.5, 0.6) is 0 Å². The maximum atomic E-state index is 14.0. The molecule has 4 heteroatoms. The van der Waals surface area contributed by atoms with Crippen molar-refractivity contribution in [1.82, 2.24) is 10.2 Å². The van der Waals surface area contributed by atoms with E-state index in [1.165, 1.54) is 18.9 Å². The molecule has 1 atom stereocenters. The van der Waals surface area contributed by atoms with Crippen molar-refractivity contribution < 1.29 is 4.39 Å². The van der Waals surface area contributed by atoms with E-state index in [1.54, 1.807) is 12.1 Å². The minimum atomic E-state index is -0.213. The zero-order valence-electron chi connectivity index (χ0n) is 12.5. The summed E-state index contributed by atoms with van der Waals surface area (Å²) in [5.74, 6) is -0.213. The summed E-state index contributed by atoms with van der Waals surface area (Å²) in [6.07, 6.45) is 3.10. The highest BCUT2D eigenvalue weighted by Crippen LogP contribution is 2.28. The molecule has 1 aromatic rings. The van der Waals surface area contributed by atoms with Crippen molar-refractivity contribution in [3.8, 4) is 0 Å². The number of likely N-dealkylation sites (tertiary alicyclic amines) is 1. The Hall–Kier alpha value is -0.640. The summed E-state index contributed by atoms with van der Waals surface area (Å²) < 4.78 is 14.0. The molecule has 1 N–H and O–H groups in total. The van der Waals surface area contributed by atoms with E-state index in [9.17, 15) is 4.39 Å².